The highest BCUT2D eigenvalue weighted by Crippen LogP contribution is 2.19. The van der Waals surface area contributed by atoms with Crippen LogP contribution in [0.2, 0.25) is 0 Å². The Balaban J connectivity index is 1.45. The van der Waals surface area contributed by atoms with Crippen molar-refractivity contribution in [3.05, 3.63) is 48.0 Å². The molecule has 0 heterocycles. The molecule has 3 rings (SSSR count). The fourth-order valence-corrected chi connectivity index (χ4v) is 3.60. The smallest absolute Gasteiger partial charge is 0.250 e. The van der Waals surface area contributed by atoms with Gasteiger partial charge in [0.05, 0.1) is 5.75 Å². The standard InChI is InChI=1S/C19H22N2OS/c22-19(21-20-18-8-2-1-3-9-18)14-23-13-15-10-11-16-6-4-5-7-17(16)12-15/h4-7,10-12H,1-3,8-9,13-14H2,(H,21,22). The van der Waals surface area contributed by atoms with E-state index >= 15 is 0 Å². The van der Waals surface area contributed by atoms with Crippen molar-refractivity contribution in [1.82, 2.24) is 5.43 Å². The second kappa shape index (κ2) is 8.16. The quantitative estimate of drug-likeness (QED) is 0.821. The summed E-state index contributed by atoms with van der Waals surface area (Å²) < 4.78 is 0. The molecule has 1 fully saturated rings. The van der Waals surface area contributed by atoms with Crippen LogP contribution in [0.3, 0.4) is 0 Å². The third-order valence-electron chi connectivity index (χ3n) is 4.09. The zero-order chi connectivity index (χ0) is 15.9. The Morgan fingerprint density at radius 3 is 2.65 bits per heavy atom. The molecule has 0 atom stereocenters. The second-order valence-corrected chi connectivity index (χ2v) is 6.93. The average molecular weight is 326 g/mol. The molecule has 1 amide bonds. The number of hydrogen-bond donors (Lipinski definition) is 1. The van der Waals surface area contributed by atoms with Gasteiger partial charge in [0.25, 0.3) is 0 Å². The van der Waals surface area contributed by atoms with E-state index in [9.17, 15) is 4.79 Å². The molecule has 0 radical (unpaired) electrons. The third kappa shape index (κ3) is 4.83. The Labute approximate surface area is 141 Å². The molecule has 1 saturated carbocycles. The lowest BCUT2D eigenvalue weighted by molar-refractivity contribution is -0.118. The normalized spacial score (nSPS) is 14.7. The molecule has 23 heavy (non-hydrogen) atoms. The molecule has 0 spiro atoms. The zero-order valence-corrected chi connectivity index (χ0v) is 14.1. The number of thioether (sulfide) groups is 1. The Morgan fingerprint density at radius 2 is 1.83 bits per heavy atom. The summed E-state index contributed by atoms with van der Waals surface area (Å²) in [6.45, 7) is 0. The van der Waals surface area contributed by atoms with Crippen molar-refractivity contribution in [2.45, 2.75) is 37.9 Å². The SMILES string of the molecule is O=C(CSCc1ccc2ccccc2c1)NN=C1CCCCC1. The minimum Gasteiger partial charge on any atom is -0.272 e. The van der Waals surface area contributed by atoms with Crippen LogP contribution >= 0.6 is 11.8 Å². The van der Waals surface area contributed by atoms with Crippen molar-refractivity contribution >= 4 is 34.2 Å². The summed E-state index contributed by atoms with van der Waals surface area (Å²) in [5, 5.41) is 6.75. The Bertz CT molecular complexity index is 703. The largest absolute Gasteiger partial charge is 0.272 e. The van der Waals surface area contributed by atoms with E-state index < -0.39 is 0 Å². The number of benzene rings is 2. The van der Waals surface area contributed by atoms with Gasteiger partial charge in [-0.05, 0) is 42.0 Å². The average Bonchev–Trinajstić information content (AvgIpc) is 2.61. The van der Waals surface area contributed by atoms with Crippen LogP contribution in [0.5, 0.6) is 0 Å². The topological polar surface area (TPSA) is 41.5 Å². The van der Waals surface area contributed by atoms with E-state index in [1.807, 2.05) is 0 Å². The van der Waals surface area contributed by atoms with Crippen LogP contribution in [0.4, 0.5) is 0 Å². The first-order valence-corrected chi connectivity index (χ1v) is 9.36. The molecule has 0 aromatic heterocycles. The Kier molecular flexibility index (Phi) is 5.70. The number of nitrogens with zero attached hydrogens (tertiary/aromatic N) is 1. The van der Waals surface area contributed by atoms with Gasteiger partial charge in [0.15, 0.2) is 0 Å². The number of nitrogens with one attached hydrogen (secondary N) is 1. The number of hydrogen-bond acceptors (Lipinski definition) is 3. The third-order valence-corrected chi connectivity index (χ3v) is 5.09. The Hall–Kier alpha value is -1.81. The van der Waals surface area contributed by atoms with Crippen molar-refractivity contribution in [1.29, 1.82) is 0 Å². The minimum absolute atomic E-state index is 0.00568. The van der Waals surface area contributed by atoms with Crippen LogP contribution < -0.4 is 5.43 Å². The van der Waals surface area contributed by atoms with Crippen LogP contribution in [-0.2, 0) is 10.5 Å². The van der Waals surface area contributed by atoms with Crippen LogP contribution in [0.15, 0.2) is 47.6 Å². The first kappa shape index (κ1) is 16.1. The van der Waals surface area contributed by atoms with Crippen molar-refractivity contribution < 1.29 is 4.79 Å². The van der Waals surface area contributed by atoms with E-state index in [-0.39, 0.29) is 5.91 Å². The summed E-state index contributed by atoms with van der Waals surface area (Å²) in [5.41, 5.74) is 5.09. The number of rotatable bonds is 5. The van der Waals surface area contributed by atoms with Gasteiger partial charge in [0, 0.05) is 11.5 Å². The minimum atomic E-state index is -0.00568. The predicted molar refractivity (Wildman–Crippen MR) is 98.8 cm³/mol. The molecule has 2 aromatic rings. The number of fused-ring (bicyclic) bond motifs is 1. The van der Waals surface area contributed by atoms with Gasteiger partial charge >= 0.3 is 0 Å². The zero-order valence-electron chi connectivity index (χ0n) is 13.3. The monoisotopic (exact) mass is 326 g/mol. The van der Waals surface area contributed by atoms with E-state index in [0.717, 1.165) is 24.3 Å². The molecule has 0 bridgehead atoms. The molecule has 1 aliphatic carbocycles. The molecule has 0 aliphatic heterocycles. The maximum absolute atomic E-state index is 11.8. The predicted octanol–water partition coefficient (Wildman–Crippen LogP) is 4.51. The molecule has 1 N–H and O–H groups in total. The van der Waals surface area contributed by atoms with Gasteiger partial charge in [0.1, 0.15) is 0 Å². The highest BCUT2D eigenvalue weighted by Gasteiger charge is 2.07. The fourth-order valence-electron chi connectivity index (χ4n) is 2.84. The van der Waals surface area contributed by atoms with Crippen LogP contribution in [0.25, 0.3) is 10.8 Å². The van der Waals surface area contributed by atoms with E-state index in [1.54, 1.807) is 11.8 Å². The van der Waals surface area contributed by atoms with Gasteiger partial charge in [-0.3, -0.25) is 4.79 Å². The summed E-state index contributed by atoms with van der Waals surface area (Å²) in [7, 11) is 0. The molecular formula is C19H22N2OS. The van der Waals surface area contributed by atoms with Crippen molar-refractivity contribution in [3.8, 4) is 0 Å². The summed E-state index contributed by atoms with van der Waals surface area (Å²) in [4.78, 5) is 11.8. The first-order chi connectivity index (χ1) is 11.3. The van der Waals surface area contributed by atoms with Crippen LogP contribution in [0.1, 0.15) is 37.7 Å². The second-order valence-electron chi connectivity index (χ2n) is 5.95. The Morgan fingerprint density at radius 1 is 1.04 bits per heavy atom. The van der Waals surface area contributed by atoms with E-state index in [0.29, 0.717) is 5.75 Å². The number of hydrazone groups is 1. The molecule has 3 nitrogen and oxygen atoms in total. The summed E-state index contributed by atoms with van der Waals surface area (Å²) >= 11 is 1.63. The van der Waals surface area contributed by atoms with Gasteiger partial charge in [-0.25, -0.2) is 5.43 Å². The molecule has 2 aromatic carbocycles. The molecule has 120 valence electrons. The number of amides is 1. The summed E-state index contributed by atoms with van der Waals surface area (Å²) in [6.07, 6.45) is 5.75. The highest BCUT2D eigenvalue weighted by molar-refractivity contribution is 7.99. The lowest BCUT2D eigenvalue weighted by Crippen LogP contribution is -2.22. The van der Waals surface area contributed by atoms with Gasteiger partial charge in [-0.15, -0.1) is 11.8 Å². The van der Waals surface area contributed by atoms with E-state index in [1.165, 1.54) is 35.6 Å². The van der Waals surface area contributed by atoms with Crippen molar-refractivity contribution in [3.63, 3.8) is 0 Å². The van der Waals surface area contributed by atoms with Crippen molar-refractivity contribution in [2.24, 2.45) is 5.10 Å². The van der Waals surface area contributed by atoms with Crippen LogP contribution in [-0.4, -0.2) is 17.4 Å². The van der Waals surface area contributed by atoms with E-state index in [4.69, 9.17) is 0 Å². The van der Waals surface area contributed by atoms with Gasteiger partial charge in [0.2, 0.25) is 5.91 Å². The maximum atomic E-state index is 11.8. The molecule has 0 unspecified atom stereocenters. The summed E-state index contributed by atoms with van der Waals surface area (Å²) in [5.74, 6) is 1.28. The number of carbonyl (C=O) groups is 1. The van der Waals surface area contributed by atoms with Gasteiger partial charge in [-0.2, -0.15) is 5.10 Å². The fraction of sp³-hybridized carbons (Fsp3) is 0.368. The maximum Gasteiger partial charge on any atom is 0.250 e. The summed E-state index contributed by atoms with van der Waals surface area (Å²) in [6, 6.07) is 14.8. The van der Waals surface area contributed by atoms with Crippen molar-refractivity contribution in [2.75, 3.05) is 5.75 Å². The molecule has 1 aliphatic rings. The first-order valence-electron chi connectivity index (χ1n) is 8.21. The molecule has 0 saturated heterocycles. The lowest BCUT2D eigenvalue weighted by atomic mass is 9.99. The molecule has 4 heteroatoms. The number of carbonyl (C=O) groups excluding carboxylic acids is 1. The van der Waals surface area contributed by atoms with Gasteiger partial charge < -0.3 is 0 Å². The van der Waals surface area contributed by atoms with E-state index in [2.05, 4.69) is 53.0 Å². The molecular weight excluding hydrogens is 304 g/mol. The highest BCUT2D eigenvalue weighted by atomic mass is 32.2. The van der Waals surface area contributed by atoms with Gasteiger partial charge in [-0.1, -0.05) is 48.9 Å². The lowest BCUT2D eigenvalue weighted by Gasteiger charge is -2.11. The van der Waals surface area contributed by atoms with Crippen LogP contribution in [0, 0.1) is 0 Å².